The highest BCUT2D eigenvalue weighted by Crippen LogP contribution is 2.39. The summed E-state index contributed by atoms with van der Waals surface area (Å²) in [5.74, 6) is -1.26. The van der Waals surface area contributed by atoms with Crippen LogP contribution in [0.4, 0.5) is 0 Å². The van der Waals surface area contributed by atoms with E-state index in [1.165, 1.54) is 41.9 Å². The van der Waals surface area contributed by atoms with Gasteiger partial charge in [-0.2, -0.15) is 0 Å². The molecular formula is C50H50Br2Cl2N8O9. The monoisotopic (exact) mass is 1130 g/mol. The molecule has 0 spiro atoms. The second-order valence-corrected chi connectivity index (χ2v) is 19.7. The molecule has 0 radical (unpaired) electrons. The van der Waals surface area contributed by atoms with E-state index in [1.807, 2.05) is 83.6 Å². The number of rotatable bonds is 11. The molecule has 372 valence electrons. The van der Waals surface area contributed by atoms with Crippen molar-refractivity contribution in [3.63, 3.8) is 0 Å². The molecule has 0 aliphatic carbocycles. The zero-order valence-corrected chi connectivity index (χ0v) is 44.6. The summed E-state index contributed by atoms with van der Waals surface area (Å²) in [6.07, 6.45) is 7.62. The van der Waals surface area contributed by atoms with Crippen molar-refractivity contribution in [2.24, 2.45) is 9.98 Å². The molecule has 4 aromatic heterocycles. The van der Waals surface area contributed by atoms with Gasteiger partial charge in [0.2, 0.25) is 5.60 Å². The lowest BCUT2D eigenvalue weighted by Gasteiger charge is -2.22. The van der Waals surface area contributed by atoms with Crippen LogP contribution in [0.15, 0.2) is 104 Å². The van der Waals surface area contributed by atoms with Crippen molar-refractivity contribution in [2.45, 2.75) is 90.5 Å². The third-order valence-corrected chi connectivity index (χ3v) is 13.4. The predicted octanol–water partition coefficient (Wildman–Crippen LogP) is 9.84. The Morgan fingerprint density at radius 2 is 1.11 bits per heavy atom. The van der Waals surface area contributed by atoms with Crippen LogP contribution in [-0.2, 0) is 33.4 Å². The molecule has 71 heavy (non-hydrogen) atoms. The van der Waals surface area contributed by atoms with E-state index < -0.39 is 47.2 Å². The number of fused-ring (bicyclic) bond motifs is 6. The van der Waals surface area contributed by atoms with Crippen molar-refractivity contribution in [1.82, 2.24) is 29.1 Å². The standard InChI is InChI=1S/C25H24BrClN4O4.C20H16BrClN4O2.C5H10O3/c1-14-13-29-23-19(8-9-21(32)35-25(2,3)24(33)34-4)30-22(18-7-5-6-10-28-18)15-11-16(26)17(27)12-20(15)31(14)23;1-11-10-24-20-16(5-6-18(27)28)25-19(15-4-2-3-7-23-15)12-8-13(21)14(22)9-17(12)26(11)20;1-5(2,7)4(6)8-3/h5-7,10-13,19H,8-9H2,1-4H3;2-4,7-10,16H,5-6H2,1H3,(H,27,28);7H,1-3H3/t19-;16-;/m00./s1. The fourth-order valence-electron chi connectivity index (χ4n) is 7.59. The van der Waals surface area contributed by atoms with Crippen LogP contribution in [0.5, 0.6) is 0 Å². The number of benzene rings is 2. The summed E-state index contributed by atoms with van der Waals surface area (Å²) in [4.78, 5) is 74.2. The van der Waals surface area contributed by atoms with Crippen LogP contribution in [-0.4, -0.2) is 100 Å². The van der Waals surface area contributed by atoms with E-state index in [0.717, 1.165) is 42.8 Å². The molecule has 6 aromatic rings. The van der Waals surface area contributed by atoms with Crippen LogP contribution in [0.25, 0.3) is 11.4 Å². The van der Waals surface area contributed by atoms with Gasteiger partial charge in [-0.3, -0.25) is 38.7 Å². The van der Waals surface area contributed by atoms with Gasteiger partial charge in [0.25, 0.3) is 0 Å². The van der Waals surface area contributed by atoms with E-state index in [4.69, 9.17) is 47.8 Å². The molecule has 0 saturated carbocycles. The van der Waals surface area contributed by atoms with Crippen LogP contribution in [0, 0.1) is 13.8 Å². The van der Waals surface area contributed by atoms with Crippen LogP contribution < -0.4 is 0 Å². The number of aromatic nitrogens is 6. The Balaban J connectivity index is 0.000000205. The van der Waals surface area contributed by atoms with E-state index in [2.05, 4.69) is 56.5 Å². The van der Waals surface area contributed by atoms with Crippen molar-refractivity contribution in [1.29, 1.82) is 0 Å². The fourth-order valence-corrected chi connectivity index (χ4v) is 8.59. The van der Waals surface area contributed by atoms with Gasteiger partial charge in [-0.05, 0) is 135 Å². The maximum absolute atomic E-state index is 12.6. The number of aliphatic hydroxyl groups is 1. The summed E-state index contributed by atoms with van der Waals surface area (Å²) < 4.78 is 19.8. The molecule has 2 N–H and O–H groups in total. The van der Waals surface area contributed by atoms with Gasteiger partial charge in [-0.15, -0.1) is 0 Å². The molecule has 0 fully saturated rings. The molecule has 8 rings (SSSR count). The van der Waals surface area contributed by atoms with Gasteiger partial charge in [0.15, 0.2) is 5.60 Å². The molecule has 2 aliphatic heterocycles. The summed E-state index contributed by atoms with van der Waals surface area (Å²) in [6, 6.07) is 18.0. The van der Waals surface area contributed by atoms with Gasteiger partial charge in [-0.1, -0.05) is 35.3 Å². The molecule has 17 nitrogen and oxygen atoms in total. The Hall–Kier alpha value is -6.12. The number of ether oxygens (including phenoxy) is 3. The highest BCUT2D eigenvalue weighted by atomic mass is 79.9. The molecule has 0 bridgehead atoms. The molecule has 0 unspecified atom stereocenters. The summed E-state index contributed by atoms with van der Waals surface area (Å²) >= 11 is 19.9. The number of nitrogens with zero attached hydrogens (tertiary/aromatic N) is 8. The highest BCUT2D eigenvalue weighted by molar-refractivity contribution is 9.10. The van der Waals surface area contributed by atoms with Crippen molar-refractivity contribution in [2.75, 3.05) is 14.2 Å². The van der Waals surface area contributed by atoms with E-state index in [-0.39, 0.29) is 12.8 Å². The molecule has 2 aliphatic rings. The number of aliphatic carboxylic acids is 1. The second kappa shape index (κ2) is 23.0. The minimum absolute atomic E-state index is 0.00360. The number of imidazole rings is 2. The van der Waals surface area contributed by atoms with Crippen molar-refractivity contribution >= 4 is 90.4 Å². The van der Waals surface area contributed by atoms with E-state index in [0.29, 0.717) is 57.3 Å². The number of methoxy groups -OCH3 is 2. The normalized spacial score (nSPS) is 14.7. The number of carboxylic acids is 1. The molecule has 2 aromatic carbocycles. The Morgan fingerprint density at radius 3 is 1.48 bits per heavy atom. The third-order valence-electron chi connectivity index (χ3n) is 11.0. The van der Waals surface area contributed by atoms with Crippen LogP contribution in [0.2, 0.25) is 10.0 Å². The molecular weight excluding hydrogens is 1090 g/mol. The van der Waals surface area contributed by atoms with Gasteiger partial charge >= 0.3 is 23.9 Å². The third kappa shape index (κ3) is 12.7. The zero-order chi connectivity index (χ0) is 51.9. The van der Waals surface area contributed by atoms with Crippen LogP contribution >= 0.6 is 55.1 Å². The van der Waals surface area contributed by atoms with Gasteiger partial charge in [0.05, 0.1) is 58.5 Å². The number of hydrogen-bond acceptors (Lipinski definition) is 14. The first kappa shape index (κ1) is 54.2. The van der Waals surface area contributed by atoms with E-state index in [1.54, 1.807) is 24.8 Å². The average Bonchev–Trinajstić information content (AvgIpc) is 3.84. The molecule has 21 heteroatoms. The quantitative estimate of drug-likeness (QED) is 0.0912. The number of pyridine rings is 2. The smallest absolute Gasteiger partial charge is 0.349 e. The lowest BCUT2D eigenvalue weighted by atomic mass is 10.0. The highest BCUT2D eigenvalue weighted by Gasteiger charge is 2.35. The fraction of sp³-hybridized carbons (Fsp3) is 0.320. The number of aryl methyl sites for hydroxylation is 2. The Kier molecular flexibility index (Phi) is 17.5. The lowest BCUT2D eigenvalue weighted by molar-refractivity contribution is -0.176. The van der Waals surface area contributed by atoms with Gasteiger partial charge in [0, 0.05) is 69.1 Å². The van der Waals surface area contributed by atoms with Crippen molar-refractivity contribution in [3.8, 4) is 11.4 Å². The first-order valence-electron chi connectivity index (χ1n) is 22.0. The minimum Gasteiger partial charge on any atom is -0.481 e. The van der Waals surface area contributed by atoms with Crippen molar-refractivity contribution < 1.29 is 43.6 Å². The SMILES string of the molecule is COC(=O)C(C)(C)O.COC(=O)C(C)(C)OC(=O)CC[C@@H]1N=C(c2ccccn2)c2cc(Br)c(Cl)cc2-n2c(C)cnc21.Cc1cnc2n1-c1cc(Cl)c(Br)cc1C(c1ccccn1)=N[C@H]2CCC(=O)O. The Morgan fingerprint density at radius 1 is 0.676 bits per heavy atom. The lowest BCUT2D eigenvalue weighted by Crippen LogP contribution is -2.38. The number of carbonyl (C=O) groups is 4. The number of esters is 3. The van der Waals surface area contributed by atoms with Gasteiger partial charge < -0.3 is 24.4 Å². The van der Waals surface area contributed by atoms with Crippen LogP contribution in [0.1, 0.15) is 111 Å². The first-order chi connectivity index (χ1) is 33.6. The number of halogens is 4. The number of carbonyl (C=O) groups excluding carboxylic acids is 3. The van der Waals surface area contributed by atoms with Crippen LogP contribution in [0.3, 0.4) is 0 Å². The van der Waals surface area contributed by atoms with E-state index in [9.17, 15) is 24.3 Å². The summed E-state index contributed by atoms with van der Waals surface area (Å²) in [7, 11) is 2.49. The predicted molar refractivity (Wildman–Crippen MR) is 274 cm³/mol. The molecule has 2 atom stereocenters. The van der Waals surface area contributed by atoms with E-state index >= 15 is 0 Å². The second-order valence-electron chi connectivity index (χ2n) is 17.2. The summed E-state index contributed by atoms with van der Waals surface area (Å²) in [6.45, 7) is 9.64. The summed E-state index contributed by atoms with van der Waals surface area (Å²) in [5, 5.41) is 19.1. The Labute approximate surface area is 436 Å². The molecule has 0 saturated heterocycles. The largest absolute Gasteiger partial charge is 0.481 e. The Bertz CT molecular complexity index is 3030. The number of aliphatic imine (C=N–C) groups is 2. The zero-order valence-electron chi connectivity index (χ0n) is 39.9. The average molecular weight is 1140 g/mol. The maximum atomic E-state index is 12.6. The number of carboxylic acid groups (broad SMARTS) is 1. The molecule has 0 amide bonds. The topological polar surface area (TPSA) is 223 Å². The first-order valence-corrected chi connectivity index (χ1v) is 24.3. The van der Waals surface area contributed by atoms with Gasteiger partial charge in [-0.25, -0.2) is 19.6 Å². The minimum atomic E-state index is -1.38. The molecule has 6 heterocycles. The number of hydrogen-bond donors (Lipinski definition) is 2. The summed E-state index contributed by atoms with van der Waals surface area (Å²) in [5.41, 5.74) is 5.20. The van der Waals surface area contributed by atoms with Crippen molar-refractivity contribution in [3.05, 3.63) is 150 Å². The maximum Gasteiger partial charge on any atom is 0.349 e. The van der Waals surface area contributed by atoms with Gasteiger partial charge in [0.1, 0.15) is 23.7 Å².